The van der Waals surface area contributed by atoms with Gasteiger partial charge in [0, 0.05) is 38.3 Å². The van der Waals surface area contributed by atoms with Crippen LogP contribution in [0.4, 0.5) is 17.9 Å². The molecule has 11 heteroatoms. The number of morpholine rings is 2. The van der Waals surface area contributed by atoms with Gasteiger partial charge in [0.15, 0.2) is 11.4 Å². The fourth-order valence-corrected chi connectivity index (χ4v) is 4.36. The molecule has 2 aromatic carbocycles. The average Bonchev–Trinajstić information content (AvgIpc) is 3.39. The predicted octanol–water partition coefficient (Wildman–Crippen LogP) is 2.97. The van der Waals surface area contributed by atoms with Gasteiger partial charge in [-0.3, -0.25) is 0 Å². The topological polar surface area (TPSA) is 111 Å². The van der Waals surface area contributed by atoms with E-state index in [9.17, 15) is 0 Å². The number of nitrogens with zero attached hydrogens (tertiary/aromatic N) is 6. The molecule has 4 aromatic rings. The van der Waals surface area contributed by atoms with E-state index >= 15 is 0 Å². The van der Waals surface area contributed by atoms with E-state index in [1.165, 1.54) is 0 Å². The number of methoxy groups -OCH3 is 1. The minimum absolute atomic E-state index is 0.460. The van der Waals surface area contributed by atoms with Crippen molar-refractivity contribution in [3.05, 3.63) is 48.0 Å². The number of ether oxygens (including phenoxy) is 3. The van der Waals surface area contributed by atoms with Crippen LogP contribution in [0.3, 0.4) is 0 Å². The minimum Gasteiger partial charge on any atom is -0.497 e. The van der Waals surface area contributed by atoms with Gasteiger partial charge in [-0.05, 0) is 35.9 Å². The van der Waals surface area contributed by atoms with Crippen molar-refractivity contribution in [3.8, 4) is 17.1 Å². The van der Waals surface area contributed by atoms with Crippen LogP contribution < -0.4 is 19.9 Å². The molecule has 1 N–H and O–H groups in total. The average molecular weight is 504 g/mol. The normalized spacial score (nSPS) is 16.2. The lowest BCUT2D eigenvalue weighted by molar-refractivity contribution is 0.121. The lowest BCUT2D eigenvalue weighted by Crippen LogP contribution is -2.40. The molecule has 0 unspecified atom stereocenters. The van der Waals surface area contributed by atoms with Crippen molar-refractivity contribution in [1.29, 1.82) is 0 Å². The Hall–Kier alpha value is -3.96. The Morgan fingerprint density at radius 3 is 2.08 bits per heavy atom. The summed E-state index contributed by atoms with van der Waals surface area (Å²) in [5.41, 5.74) is 3.38. The lowest BCUT2D eigenvalue weighted by Gasteiger charge is -2.30. The van der Waals surface area contributed by atoms with E-state index in [1.807, 2.05) is 42.5 Å². The number of rotatable bonds is 7. The van der Waals surface area contributed by atoms with Gasteiger partial charge < -0.3 is 33.7 Å². The van der Waals surface area contributed by atoms with Crippen molar-refractivity contribution in [2.24, 2.45) is 0 Å². The van der Waals surface area contributed by atoms with E-state index in [4.69, 9.17) is 33.6 Å². The lowest BCUT2D eigenvalue weighted by atomic mass is 10.2. The summed E-state index contributed by atoms with van der Waals surface area (Å²) < 4.78 is 22.2. The molecule has 0 bridgehead atoms. The second-order valence-electron chi connectivity index (χ2n) is 8.86. The van der Waals surface area contributed by atoms with Gasteiger partial charge in [0.1, 0.15) is 11.3 Å². The van der Waals surface area contributed by atoms with Crippen LogP contribution >= 0.6 is 0 Å². The molecule has 0 saturated carbocycles. The van der Waals surface area contributed by atoms with E-state index in [2.05, 4.69) is 20.1 Å². The molecular weight excluding hydrogens is 474 g/mol. The van der Waals surface area contributed by atoms with Crippen LogP contribution in [0.15, 0.2) is 46.9 Å². The van der Waals surface area contributed by atoms with Gasteiger partial charge in [-0.25, -0.2) is 0 Å². The van der Waals surface area contributed by atoms with E-state index in [-0.39, 0.29) is 0 Å². The molecule has 2 aromatic heterocycles. The summed E-state index contributed by atoms with van der Waals surface area (Å²) in [6, 6.07) is 14.2. The molecule has 2 fully saturated rings. The summed E-state index contributed by atoms with van der Waals surface area (Å²) in [5.74, 6) is 2.76. The highest BCUT2D eigenvalue weighted by molar-refractivity contribution is 5.80. The quantitative estimate of drug-likeness (QED) is 0.402. The first-order chi connectivity index (χ1) is 18.2. The molecule has 2 aliphatic heterocycles. The van der Waals surface area contributed by atoms with Crippen molar-refractivity contribution in [3.63, 3.8) is 0 Å². The van der Waals surface area contributed by atoms with Gasteiger partial charge in [-0.1, -0.05) is 12.1 Å². The Morgan fingerprint density at radius 2 is 1.46 bits per heavy atom. The molecule has 192 valence electrons. The highest BCUT2D eigenvalue weighted by Crippen LogP contribution is 2.27. The Balaban J connectivity index is 1.27. The Kier molecular flexibility index (Phi) is 6.70. The number of fused-ring (bicyclic) bond motifs is 1. The Labute approximate surface area is 214 Å². The predicted molar refractivity (Wildman–Crippen MR) is 139 cm³/mol. The third kappa shape index (κ3) is 5.27. The number of aromatic nitrogens is 4. The zero-order chi connectivity index (χ0) is 25.0. The number of hydrogen-bond donors (Lipinski definition) is 1. The first kappa shape index (κ1) is 23.4. The fourth-order valence-electron chi connectivity index (χ4n) is 4.36. The van der Waals surface area contributed by atoms with Gasteiger partial charge in [0.25, 0.3) is 6.01 Å². The van der Waals surface area contributed by atoms with Crippen LogP contribution in [-0.4, -0.2) is 79.7 Å². The second kappa shape index (κ2) is 10.6. The summed E-state index contributed by atoms with van der Waals surface area (Å²) in [4.78, 5) is 23.4. The molecule has 11 nitrogen and oxygen atoms in total. The molecule has 2 saturated heterocycles. The molecule has 0 spiro atoms. The van der Waals surface area contributed by atoms with Crippen LogP contribution in [-0.2, 0) is 16.0 Å². The van der Waals surface area contributed by atoms with Crippen molar-refractivity contribution >= 4 is 29.0 Å². The third-order valence-corrected chi connectivity index (χ3v) is 6.45. The van der Waals surface area contributed by atoms with Crippen LogP contribution in [0.25, 0.3) is 22.5 Å². The molecule has 2 aliphatic rings. The van der Waals surface area contributed by atoms with Crippen LogP contribution in [0.2, 0.25) is 0 Å². The van der Waals surface area contributed by atoms with Crippen LogP contribution in [0.5, 0.6) is 5.75 Å². The van der Waals surface area contributed by atoms with Crippen molar-refractivity contribution in [2.75, 3.05) is 74.8 Å². The molecule has 6 rings (SSSR count). The Bertz CT molecular complexity index is 1310. The van der Waals surface area contributed by atoms with E-state index in [0.29, 0.717) is 62.3 Å². The summed E-state index contributed by atoms with van der Waals surface area (Å²) in [5, 5.41) is 3.25. The first-order valence-corrected chi connectivity index (χ1v) is 12.4. The van der Waals surface area contributed by atoms with E-state index in [0.717, 1.165) is 48.6 Å². The zero-order valence-corrected chi connectivity index (χ0v) is 20.7. The summed E-state index contributed by atoms with van der Waals surface area (Å²) >= 11 is 0. The third-order valence-electron chi connectivity index (χ3n) is 6.45. The maximum Gasteiger partial charge on any atom is 0.295 e. The van der Waals surface area contributed by atoms with E-state index in [1.54, 1.807) is 7.11 Å². The molecule has 0 aliphatic carbocycles. The van der Waals surface area contributed by atoms with Gasteiger partial charge in [-0.15, -0.1) is 0 Å². The van der Waals surface area contributed by atoms with Crippen molar-refractivity contribution < 1.29 is 18.6 Å². The molecule has 0 radical (unpaired) electrons. The second-order valence-corrected chi connectivity index (χ2v) is 8.86. The number of oxazole rings is 1. The van der Waals surface area contributed by atoms with Gasteiger partial charge in [-0.2, -0.15) is 19.9 Å². The van der Waals surface area contributed by atoms with Gasteiger partial charge in [0.05, 0.1) is 33.5 Å². The molecule has 0 atom stereocenters. The SMILES string of the molecule is COc1ccc(CNc2nc3cc(-c4nc(N5CCOCC5)nc(N5CCOCC5)n4)ccc3o2)cc1. The first-order valence-electron chi connectivity index (χ1n) is 12.4. The maximum absolute atomic E-state index is 5.92. The summed E-state index contributed by atoms with van der Waals surface area (Å²) in [6.45, 7) is 6.21. The van der Waals surface area contributed by atoms with Gasteiger partial charge >= 0.3 is 0 Å². The van der Waals surface area contributed by atoms with Crippen molar-refractivity contribution in [1.82, 2.24) is 19.9 Å². The van der Waals surface area contributed by atoms with E-state index < -0.39 is 0 Å². The number of benzene rings is 2. The highest BCUT2D eigenvalue weighted by Gasteiger charge is 2.21. The van der Waals surface area contributed by atoms with Crippen LogP contribution in [0.1, 0.15) is 5.56 Å². The summed E-state index contributed by atoms with van der Waals surface area (Å²) in [7, 11) is 1.66. The largest absolute Gasteiger partial charge is 0.497 e. The van der Waals surface area contributed by atoms with Crippen LogP contribution in [0, 0.1) is 0 Å². The van der Waals surface area contributed by atoms with Crippen molar-refractivity contribution in [2.45, 2.75) is 6.54 Å². The smallest absolute Gasteiger partial charge is 0.295 e. The van der Waals surface area contributed by atoms with Gasteiger partial charge in [0.2, 0.25) is 11.9 Å². The molecule has 0 amide bonds. The molecule has 4 heterocycles. The number of hydrogen-bond acceptors (Lipinski definition) is 11. The zero-order valence-electron chi connectivity index (χ0n) is 20.7. The fraction of sp³-hybridized carbons (Fsp3) is 0.385. The maximum atomic E-state index is 5.92. The minimum atomic E-state index is 0.460. The molecule has 37 heavy (non-hydrogen) atoms. The molecular formula is C26H29N7O4. The summed E-state index contributed by atoms with van der Waals surface area (Å²) in [6.07, 6.45) is 0. The number of nitrogens with one attached hydrogen (secondary N) is 1. The highest BCUT2D eigenvalue weighted by atomic mass is 16.5. The Morgan fingerprint density at radius 1 is 0.811 bits per heavy atom. The standard InChI is InChI=1S/C26H29N7O4/c1-34-20-5-2-18(3-6-20)17-27-26-28-21-16-19(4-7-22(21)37-26)23-29-24(32-8-12-35-13-9-32)31-25(30-23)33-10-14-36-15-11-33/h2-7,16H,8-15,17H2,1H3,(H,27,28). The number of anilines is 3. The monoisotopic (exact) mass is 503 g/mol.